The van der Waals surface area contributed by atoms with E-state index in [0.717, 1.165) is 24.6 Å². The number of ether oxygens (including phenoxy) is 1. The van der Waals surface area contributed by atoms with Crippen LogP contribution in [-0.2, 0) is 17.8 Å². The first-order chi connectivity index (χ1) is 13.9. The van der Waals surface area contributed by atoms with Crippen LogP contribution < -0.4 is 5.32 Å². The molecule has 1 saturated heterocycles. The monoisotopic (exact) mass is 526 g/mol. The predicted molar refractivity (Wildman–Crippen MR) is 131 cm³/mol. The first-order valence-electron chi connectivity index (χ1n) is 10.0. The van der Waals surface area contributed by atoms with Gasteiger partial charge in [-0.05, 0) is 49.8 Å². The zero-order valence-electron chi connectivity index (χ0n) is 18.1. The van der Waals surface area contributed by atoms with Crippen LogP contribution in [0.5, 0.6) is 0 Å². The van der Waals surface area contributed by atoms with Crippen LogP contribution in [0.25, 0.3) is 0 Å². The van der Waals surface area contributed by atoms with Gasteiger partial charge in [0.15, 0.2) is 5.96 Å². The van der Waals surface area contributed by atoms with Gasteiger partial charge < -0.3 is 19.9 Å². The zero-order valence-corrected chi connectivity index (χ0v) is 20.5. The molecule has 0 radical (unpaired) electrons. The largest absolute Gasteiger partial charge is 0.367 e. The van der Waals surface area contributed by atoms with Crippen molar-refractivity contribution >= 4 is 29.9 Å². The van der Waals surface area contributed by atoms with Crippen molar-refractivity contribution < 1.29 is 9.13 Å². The fraction of sp³-hybridized carbons (Fsp3) is 0.435. The summed E-state index contributed by atoms with van der Waals surface area (Å²) in [4.78, 5) is 8.84. The summed E-state index contributed by atoms with van der Waals surface area (Å²) in [6, 6.07) is 15.2. The minimum Gasteiger partial charge on any atom is -0.367 e. The maximum atomic E-state index is 13.3. The molecule has 3 rings (SSSR count). The van der Waals surface area contributed by atoms with Crippen molar-refractivity contribution in [3.63, 3.8) is 0 Å². The Balaban J connectivity index is 0.00000320. The Hall–Kier alpha value is -1.71. The third-order valence-electron chi connectivity index (χ3n) is 4.99. The molecule has 1 aliphatic rings. The Kier molecular flexibility index (Phi) is 9.51. The number of nitrogens with zero attached hydrogens (tertiary/aromatic N) is 3. The van der Waals surface area contributed by atoms with Gasteiger partial charge >= 0.3 is 0 Å². The van der Waals surface area contributed by atoms with Crippen LogP contribution in [-0.4, -0.2) is 56.1 Å². The van der Waals surface area contributed by atoms with E-state index in [1.54, 1.807) is 19.2 Å². The Morgan fingerprint density at radius 1 is 1.10 bits per heavy atom. The highest BCUT2D eigenvalue weighted by atomic mass is 127. The normalized spacial score (nSPS) is 19.5. The standard InChI is InChI=1S/C23H31FN4O.HI/c1-17-14-28(16-22(29-17)20-9-11-21(24)12-10-20)23(25-2)26-13-18-5-7-19(8-6-18)15-27(3)4;/h5-12,17,22H,13-16H2,1-4H3,(H,25,26);1H. The van der Waals surface area contributed by atoms with Gasteiger partial charge in [-0.3, -0.25) is 4.99 Å². The van der Waals surface area contributed by atoms with E-state index in [1.165, 1.54) is 23.3 Å². The number of hydrogen-bond acceptors (Lipinski definition) is 3. The van der Waals surface area contributed by atoms with Gasteiger partial charge in [0.2, 0.25) is 0 Å². The van der Waals surface area contributed by atoms with Gasteiger partial charge in [0.1, 0.15) is 11.9 Å². The zero-order chi connectivity index (χ0) is 20.8. The minimum atomic E-state index is -0.233. The highest BCUT2D eigenvalue weighted by molar-refractivity contribution is 14.0. The predicted octanol–water partition coefficient (Wildman–Crippen LogP) is 4.04. The smallest absolute Gasteiger partial charge is 0.194 e. The van der Waals surface area contributed by atoms with Crippen molar-refractivity contribution in [3.05, 3.63) is 71.0 Å². The number of morpholine rings is 1. The third-order valence-corrected chi connectivity index (χ3v) is 4.99. The molecule has 0 saturated carbocycles. The number of hydrogen-bond donors (Lipinski definition) is 1. The van der Waals surface area contributed by atoms with Crippen molar-refractivity contribution in [3.8, 4) is 0 Å². The Morgan fingerprint density at radius 3 is 2.33 bits per heavy atom. The maximum absolute atomic E-state index is 13.3. The summed E-state index contributed by atoms with van der Waals surface area (Å²) in [6.07, 6.45) is -0.0501. The second-order valence-corrected chi connectivity index (χ2v) is 7.85. The molecule has 5 nitrogen and oxygen atoms in total. The average molecular weight is 526 g/mol. The molecule has 2 aromatic carbocycles. The summed E-state index contributed by atoms with van der Waals surface area (Å²) in [7, 11) is 5.94. The highest BCUT2D eigenvalue weighted by Gasteiger charge is 2.28. The maximum Gasteiger partial charge on any atom is 0.194 e. The lowest BCUT2D eigenvalue weighted by Crippen LogP contribution is -2.50. The molecular weight excluding hydrogens is 494 g/mol. The van der Waals surface area contributed by atoms with E-state index in [2.05, 4.69) is 65.4 Å². The molecule has 7 heteroatoms. The summed E-state index contributed by atoms with van der Waals surface area (Å²) in [6.45, 7) is 5.14. The summed E-state index contributed by atoms with van der Waals surface area (Å²) in [5.74, 6) is 0.619. The molecule has 0 amide bonds. The van der Waals surface area contributed by atoms with Crippen molar-refractivity contribution in [1.82, 2.24) is 15.1 Å². The van der Waals surface area contributed by atoms with Gasteiger partial charge in [0, 0.05) is 26.7 Å². The number of benzene rings is 2. The number of halogens is 2. The van der Waals surface area contributed by atoms with Crippen LogP contribution in [0.4, 0.5) is 4.39 Å². The molecule has 2 aromatic rings. The van der Waals surface area contributed by atoms with Gasteiger partial charge in [-0.1, -0.05) is 36.4 Å². The molecule has 1 heterocycles. The van der Waals surface area contributed by atoms with E-state index in [9.17, 15) is 4.39 Å². The van der Waals surface area contributed by atoms with Crippen molar-refractivity contribution in [1.29, 1.82) is 0 Å². The molecule has 0 aliphatic carbocycles. The first-order valence-corrected chi connectivity index (χ1v) is 10.0. The summed E-state index contributed by atoms with van der Waals surface area (Å²) >= 11 is 0. The van der Waals surface area contributed by atoms with Gasteiger partial charge in [-0.15, -0.1) is 24.0 Å². The van der Waals surface area contributed by atoms with E-state index >= 15 is 0 Å². The van der Waals surface area contributed by atoms with E-state index in [4.69, 9.17) is 4.74 Å². The molecule has 2 unspecified atom stereocenters. The Morgan fingerprint density at radius 2 is 1.73 bits per heavy atom. The summed E-state index contributed by atoms with van der Waals surface area (Å²) in [5.41, 5.74) is 3.49. The fourth-order valence-electron chi connectivity index (χ4n) is 3.63. The molecule has 0 bridgehead atoms. The fourth-order valence-corrected chi connectivity index (χ4v) is 3.63. The number of nitrogens with one attached hydrogen (secondary N) is 1. The van der Waals surface area contributed by atoms with Crippen LogP contribution in [0.2, 0.25) is 0 Å². The molecule has 164 valence electrons. The third kappa shape index (κ3) is 6.92. The number of aliphatic imine (C=N–C) groups is 1. The van der Waals surface area contributed by atoms with Gasteiger partial charge in [0.05, 0.1) is 12.6 Å². The van der Waals surface area contributed by atoms with Crippen LogP contribution in [0.15, 0.2) is 53.5 Å². The van der Waals surface area contributed by atoms with Gasteiger partial charge in [0.25, 0.3) is 0 Å². The number of guanidine groups is 1. The molecule has 1 fully saturated rings. The average Bonchev–Trinajstić information content (AvgIpc) is 2.69. The second-order valence-electron chi connectivity index (χ2n) is 7.85. The van der Waals surface area contributed by atoms with Crippen LogP contribution in [0.3, 0.4) is 0 Å². The quantitative estimate of drug-likeness (QED) is 0.363. The Bertz CT molecular complexity index is 811. The molecule has 30 heavy (non-hydrogen) atoms. The molecule has 0 spiro atoms. The van der Waals surface area contributed by atoms with Crippen LogP contribution >= 0.6 is 24.0 Å². The van der Waals surface area contributed by atoms with Crippen molar-refractivity contribution in [2.24, 2.45) is 4.99 Å². The van der Waals surface area contributed by atoms with Crippen molar-refractivity contribution in [2.45, 2.75) is 32.2 Å². The molecular formula is C23H32FIN4O. The Labute approximate surface area is 196 Å². The van der Waals surface area contributed by atoms with E-state index in [-0.39, 0.29) is 42.0 Å². The molecule has 1 aliphatic heterocycles. The molecule has 0 aromatic heterocycles. The van der Waals surface area contributed by atoms with Gasteiger partial charge in [-0.2, -0.15) is 0 Å². The molecule has 1 N–H and O–H groups in total. The lowest BCUT2D eigenvalue weighted by Gasteiger charge is -2.38. The van der Waals surface area contributed by atoms with Crippen LogP contribution in [0, 0.1) is 5.82 Å². The minimum absolute atomic E-state index is 0. The van der Waals surface area contributed by atoms with E-state index < -0.39 is 0 Å². The molecule has 2 atom stereocenters. The first kappa shape index (κ1) is 24.6. The van der Waals surface area contributed by atoms with Crippen LogP contribution in [0.1, 0.15) is 29.7 Å². The number of rotatable bonds is 5. The van der Waals surface area contributed by atoms with E-state index in [0.29, 0.717) is 13.1 Å². The second kappa shape index (κ2) is 11.6. The summed E-state index contributed by atoms with van der Waals surface area (Å²) in [5, 5.41) is 3.47. The SMILES string of the molecule is CN=C(NCc1ccc(CN(C)C)cc1)N1CC(C)OC(c2ccc(F)cc2)C1.I. The summed E-state index contributed by atoms with van der Waals surface area (Å²) < 4.78 is 19.3. The highest BCUT2D eigenvalue weighted by Crippen LogP contribution is 2.25. The topological polar surface area (TPSA) is 40.1 Å². The van der Waals surface area contributed by atoms with Crippen molar-refractivity contribution in [2.75, 3.05) is 34.2 Å². The lowest BCUT2D eigenvalue weighted by atomic mass is 10.1. The van der Waals surface area contributed by atoms with Gasteiger partial charge in [-0.25, -0.2) is 4.39 Å². The van der Waals surface area contributed by atoms with E-state index in [1.807, 2.05) is 0 Å². The lowest BCUT2D eigenvalue weighted by molar-refractivity contribution is -0.0605.